The van der Waals surface area contributed by atoms with E-state index in [0.29, 0.717) is 0 Å². The number of aromatic hydroxyl groups is 1. The molecule has 0 bridgehead atoms. The Hall–Kier alpha value is -2.44. The molecule has 0 heterocycles. The largest absolute Gasteiger partial charge is 0.504 e. The number of nitrogens with two attached hydrogens (primary N) is 1. The zero-order valence-electron chi connectivity index (χ0n) is 11.6. The second kappa shape index (κ2) is 6.65. The number of nitrogens with zero attached hydrogens (tertiary/aromatic N) is 1. The van der Waals surface area contributed by atoms with Crippen molar-refractivity contribution in [2.75, 3.05) is 7.11 Å². The number of ether oxygens (including phenoxy) is 1. The molecule has 1 aromatic rings. The number of rotatable bonds is 5. The van der Waals surface area contributed by atoms with Crippen LogP contribution < -0.4 is 15.8 Å². The van der Waals surface area contributed by atoms with Crippen LogP contribution in [0.4, 0.5) is 0 Å². The summed E-state index contributed by atoms with van der Waals surface area (Å²) in [4.78, 5) is 12.2. The van der Waals surface area contributed by atoms with E-state index in [4.69, 9.17) is 15.7 Å². The lowest BCUT2D eigenvalue weighted by Crippen LogP contribution is -2.47. The number of hydrogen-bond donors (Lipinski definition) is 4. The number of amides is 1. The Morgan fingerprint density at radius 3 is 2.60 bits per heavy atom. The topological polar surface area (TPSA) is 117 Å². The van der Waals surface area contributed by atoms with E-state index < -0.39 is 11.9 Å². The molecule has 7 nitrogen and oxygen atoms in total. The van der Waals surface area contributed by atoms with Crippen molar-refractivity contribution in [3.8, 4) is 11.5 Å². The van der Waals surface area contributed by atoms with Crippen molar-refractivity contribution >= 4 is 11.7 Å². The Morgan fingerprint density at radius 2 is 2.10 bits per heavy atom. The molecule has 0 aromatic heterocycles. The number of oxime groups is 1. The first-order chi connectivity index (χ1) is 9.42. The Labute approximate surface area is 117 Å². The van der Waals surface area contributed by atoms with Gasteiger partial charge in [0, 0.05) is 0 Å². The number of carbonyl (C=O) groups excluding carboxylic acids is 1. The van der Waals surface area contributed by atoms with Crippen LogP contribution in [-0.2, 0) is 0 Å². The average Bonchev–Trinajstić information content (AvgIpc) is 2.43. The fraction of sp³-hybridized carbons (Fsp3) is 0.385. The Kier molecular flexibility index (Phi) is 5.19. The van der Waals surface area contributed by atoms with E-state index in [1.807, 2.05) is 13.8 Å². The highest BCUT2D eigenvalue weighted by molar-refractivity contribution is 6.00. The molecule has 7 heteroatoms. The third kappa shape index (κ3) is 3.31. The first-order valence-corrected chi connectivity index (χ1v) is 6.06. The lowest BCUT2D eigenvalue weighted by molar-refractivity contribution is 0.0935. The van der Waals surface area contributed by atoms with Crippen molar-refractivity contribution in [1.82, 2.24) is 5.32 Å². The molecule has 0 spiro atoms. The van der Waals surface area contributed by atoms with Crippen molar-refractivity contribution in [3.05, 3.63) is 23.8 Å². The van der Waals surface area contributed by atoms with Gasteiger partial charge in [-0.3, -0.25) is 4.79 Å². The van der Waals surface area contributed by atoms with Crippen molar-refractivity contribution in [2.24, 2.45) is 16.8 Å². The minimum atomic E-state index is -0.641. The summed E-state index contributed by atoms with van der Waals surface area (Å²) in [7, 11) is 1.39. The Balaban J connectivity index is 3.01. The maximum atomic E-state index is 12.2. The van der Waals surface area contributed by atoms with Crippen molar-refractivity contribution < 1.29 is 19.8 Å². The van der Waals surface area contributed by atoms with Crippen LogP contribution in [0.5, 0.6) is 11.5 Å². The van der Waals surface area contributed by atoms with Crippen LogP contribution in [0.25, 0.3) is 0 Å². The molecule has 0 radical (unpaired) electrons. The molecule has 1 unspecified atom stereocenters. The molecule has 0 aliphatic rings. The second-order valence-electron chi connectivity index (χ2n) is 4.58. The van der Waals surface area contributed by atoms with Crippen LogP contribution in [0.1, 0.15) is 24.2 Å². The van der Waals surface area contributed by atoms with Crippen molar-refractivity contribution in [1.29, 1.82) is 0 Å². The molecule has 1 atom stereocenters. The summed E-state index contributed by atoms with van der Waals surface area (Å²) < 4.78 is 4.94. The molecule has 0 saturated heterocycles. The normalized spacial score (nSPS) is 13.1. The molecule has 0 aliphatic carbocycles. The van der Waals surface area contributed by atoms with Gasteiger partial charge in [0.2, 0.25) is 0 Å². The molecule has 1 rings (SSSR count). The van der Waals surface area contributed by atoms with Gasteiger partial charge in [0.15, 0.2) is 17.3 Å². The van der Waals surface area contributed by atoms with Gasteiger partial charge in [-0.05, 0) is 18.1 Å². The number of phenolic OH excluding ortho intramolecular Hbond substituents is 1. The molecule has 0 fully saturated rings. The van der Waals surface area contributed by atoms with Gasteiger partial charge < -0.3 is 26.1 Å². The number of hydrogen-bond acceptors (Lipinski definition) is 5. The number of nitrogens with one attached hydrogen (secondary N) is 1. The first kappa shape index (κ1) is 15.6. The van der Waals surface area contributed by atoms with Gasteiger partial charge in [-0.15, -0.1) is 0 Å². The predicted molar refractivity (Wildman–Crippen MR) is 74.2 cm³/mol. The lowest BCUT2D eigenvalue weighted by Gasteiger charge is -2.21. The zero-order chi connectivity index (χ0) is 15.3. The molecule has 1 amide bonds. The summed E-state index contributed by atoms with van der Waals surface area (Å²) in [6.07, 6.45) is 0. The molecular weight excluding hydrogens is 262 g/mol. The third-order valence-corrected chi connectivity index (χ3v) is 2.85. The molecule has 20 heavy (non-hydrogen) atoms. The summed E-state index contributed by atoms with van der Waals surface area (Å²) in [5, 5.41) is 24.1. The predicted octanol–water partition coefficient (Wildman–Crippen LogP) is 0.902. The van der Waals surface area contributed by atoms with Crippen LogP contribution >= 0.6 is 0 Å². The van der Waals surface area contributed by atoms with E-state index in [9.17, 15) is 9.90 Å². The first-order valence-electron chi connectivity index (χ1n) is 6.06. The molecule has 1 aromatic carbocycles. The van der Waals surface area contributed by atoms with Crippen LogP contribution in [0, 0.1) is 5.92 Å². The number of phenols is 1. The van der Waals surface area contributed by atoms with Gasteiger partial charge in [-0.1, -0.05) is 25.1 Å². The minimum absolute atomic E-state index is 0.0562. The summed E-state index contributed by atoms with van der Waals surface area (Å²) in [6, 6.07) is 3.94. The number of amidine groups is 1. The quantitative estimate of drug-likeness (QED) is 0.277. The fourth-order valence-electron chi connectivity index (χ4n) is 1.73. The lowest BCUT2D eigenvalue weighted by atomic mass is 10.0. The second-order valence-corrected chi connectivity index (χ2v) is 4.58. The summed E-state index contributed by atoms with van der Waals surface area (Å²) in [5.74, 6) is -0.776. The highest BCUT2D eigenvalue weighted by Gasteiger charge is 2.23. The van der Waals surface area contributed by atoms with Gasteiger partial charge in [-0.25, -0.2) is 0 Å². The Morgan fingerprint density at radius 1 is 1.45 bits per heavy atom. The minimum Gasteiger partial charge on any atom is -0.504 e. The summed E-state index contributed by atoms with van der Waals surface area (Å²) in [6.45, 7) is 3.63. The van der Waals surface area contributed by atoms with E-state index in [1.165, 1.54) is 19.2 Å². The highest BCUT2D eigenvalue weighted by atomic mass is 16.5. The van der Waals surface area contributed by atoms with E-state index >= 15 is 0 Å². The number of carbonyl (C=O) groups is 1. The van der Waals surface area contributed by atoms with Crippen LogP contribution in [-0.4, -0.2) is 35.2 Å². The third-order valence-electron chi connectivity index (χ3n) is 2.85. The average molecular weight is 281 g/mol. The maximum Gasteiger partial charge on any atom is 0.255 e. The SMILES string of the molecule is COc1cccc(C(=O)NC(C(N)=NO)C(C)C)c1O. The monoisotopic (exact) mass is 281 g/mol. The van der Waals surface area contributed by atoms with Crippen molar-refractivity contribution in [3.63, 3.8) is 0 Å². The van der Waals surface area contributed by atoms with Gasteiger partial charge in [0.1, 0.15) is 0 Å². The fourth-order valence-corrected chi connectivity index (χ4v) is 1.73. The van der Waals surface area contributed by atoms with E-state index in [0.717, 1.165) is 0 Å². The Bertz CT molecular complexity index is 514. The summed E-state index contributed by atoms with van der Waals surface area (Å²) in [5.41, 5.74) is 5.59. The molecule has 0 saturated carbocycles. The number of para-hydroxylation sites is 1. The number of methoxy groups -OCH3 is 1. The van der Waals surface area contributed by atoms with E-state index in [2.05, 4.69) is 10.5 Å². The van der Waals surface area contributed by atoms with Gasteiger partial charge >= 0.3 is 0 Å². The van der Waals surface area contributed by atoms with Crippen molar-refractivity contribution in [2.45, 2.75) is 19.9 Å². The van der Waals surface area contributed by atoms with Crippen LogP contribution in [0.15, 0.2) is 23.4 Å². The summed E-state index contributed by atoms with van der Waals surface area (Å²) >= 11 is 0. The zero-order valence-corrected chi connectivity index (χ0v) is 11.6. The molecule has 5 N–H and O–H groups in total. The number of benzene rings is 1. The smallest absolute Gasteiger partial charge is 0.255 e. The standard InChI is InChI=1S/C13H19N3O4/c1-7(2)10(12(14)16-19)15-13(18)8-5-4-6-9(20-3)11(8)17/h4-7,10,17,19H,1-3H3,(H2,14,16)(H,15,18). The van der Waals surface area contributed by atoms with E-state index in [1.54, 1.807) is 6.07 Å². The van der Waals surface area contributed by atoms with Gasteiger partial charge in [0.05, 0.1) is 18.7 Å². The maximum absolute atomic E-state index is 12.2. The van der Waals surface area contributed by atoms with Crippen LogP contribution in [0.2, 0.25) is 0 Å². The highest BCUT2D eigenvalue weighted by Crippen LogP contribution is 2.29. The van der Waals surface area contributed by atoms with Crippen LogP contribution in [0.3, 0.4) is 0 Å². The van der Waals surface area contributed by atoms with Gasteiger partial charge in [0.25, 0.3) is 5.91 Å². The van der Waals surface area contributed by atoms with E-state index in [-0.39, 0.29) is 28.8 Å². The molecule has 0 aliphatic heterocycles. The van der Waals surface area contributed by atoms with Gasteiger partial charge in [-0.2, -0.15) is 0 Å². The molecule has 110 valence electrons. The molecular formula is C13H19N3O4.